The molecule has 2 heterocycles. The summed E-state index contributed by atoms with van der Waals surface area (Å²) in [7, 11) is 0. The van der Waals surface area contributed by atoms with E-state index in [1.807, 2.05) is 24.3 Å². The highest BCUT2D eigenvalue weighted by Crippen LogP contribution is 2.39. The van der Waals surface area contributed by atoms with Gasteiger partial charge in [0.1, 0.15) is 11.8 Å². The molecular formula is C29H29Cl2N3O3. The van der Waals surface area contributed by atoms with E-state index in [1.165, 1.54) is 4.90 Å². The number of rotatable bonds is 7. The lowest BCUT2D eigenvalue weighted by Crippen LogP contribution is -2.52. The number of hydrogen-bond acceptors (Lipinski definition) is 4. The SMILES string of the molecule is CC(C(=O)NC(CN1CCCC1)c1cccc(-c2ccccc2)c1)N1C(=O)COc2cc(Cl)c(Cl)cc21. The molecule has 5 rings (SSSR count). The van der Waals surface area contributed by atoms with Crippen LogP contribution in [0.3, 0.4) is 0 Å². The van der Waals surface area contributed by atoms with E-state index >= 15 is 0 Å². The molecule has 0 bridgehead atoms. The number of nitrogens with zero attached hydrogens (tertiary/aromatic N) is 2. The fourth-order valence-electron chi connectivity index (χ4n) is 5.02. The topological polar surface area (TPSA) is 61.9 Å². The number of carbonyl (C=O) groups excluding carboxylic acids is 2. The molecule has 6 nitrogen and oxygen atoms in total. The zero-order valence-electron chi connectivity index (χ0n) is 20.6. The van der Waals surface area contributed by atoms with Gasteiger partial charge < -0.3 is 15.0 Å². The number of amides is 2. The number of nitrogens with one attached hydrogen (secondary N) is 1. The van der Waals surface area contributed by atoms with E-state index in [0.717, 1.165) is 42.6 Å². The first-order valence-corrected chi connectivity index (χ1v) is 13.3. The fourth-order valence-corrected chi connectivity index (χ4v) is 5.33. The first-order valence-electron chi connectivity index (χ1n) is 12.5. The largest absolute Gasteiger partial charge is 0.482 e. The van der Waals surface area contributed by atoms with E-state index in [1.54, 1.807) is 19.1 Å². The average molecular weight is 538 g/mol. The Morgan fingerprint density at radius 3 is 2.43 bits per heavy atom. The lowest BCUT2D eigenvalue weighted by molar-refractivity contribution is -0.128. The van der Waals surface area contributed by atoms with Crippen LogP contribution in [0.1, 0.15) is 31.4 Å². The highest BCUT2D eigenvalue weighted by Gasteiger charge is 2.35. The van der Waals surface area contributed by atoms with Crippen LogP contribution in [0.15, 0.2) is 66.7 Å². The van der Waals surface area contributed by atoms with E-state index in [-0.39, 0.29) is 24.5 Å². The van der Waals surface area contributed by atoms with E-state index in [0.29, 0.717) is 28.0 Å². The van der Waals surface area contributed by atoms with Gasteiger partial charge in [0.15, 0.2) is 6.61 Å². The number of ether oxygens (including phenoxy) is 1. The lowest BCUT2D eigenvalue weighted by atomic mass is 9.98. The molecule has 1 fully saturated rings. The zero-order valence-corrected chi connectivity index (χ0v) is 22.1. The number of halogens is 2. The van der Waals surface area contributed by atoms with Gasteiger partial charge in [0.25, 0.3) is 5.91 Å². The summed E-state index contributed by atoms with van der Waals surface area (Å²) in [5, 5.41) is 3.86. The summed E-state index contributed by atoms with van der Waals surface area (Å²) < 4.78 is 5.55. The van der Waals surface area contributed by atoms with Crippen LogP contribution in [-0.4, -0.2) is 49.0 Å². The molecule has 3 aromatic carbocycles. The first kappa shape index (κ1) is 25.6. The minimum Gasteiger partial charge on any atom is -0.482 e. The molecule has 2 atom stereocenters. The number of hydrogen-bond donors (Lipinski definition) is 1. The van der Waals surface area contributed by atoms with Gasteiger partial charge in [0.2, 0.25) is 5.91 Å². The Balaban J connectivity index is 1.42. The molecule has 0 aliphatic carbocycles. The first-order chi connectivity index (χ1) is 17.9. The van der Waals surface area contributed by atoms with Crippen molar-refractivity contribution in [3.63, 3.8) is 0 Å². The monoisotopic (exact) mass is 537 g/mol. The van der Waals surface area contributed by atoms with Crippen LogP contribution in [0, 0.1) is 0 Å². The van der Waals surface area contributed by atoms with Crippen LogP contribution < -0.4 is 15.0 Å². The molecule has 1 saturated heterocycles. The Morgan fingerprint density at radius 1 is 0.973 bits per heavy atom. The van der Waals surface area contributed by atoms with Crippen LogP contribution in [0.5, 0.6) is 5.75 Å². The summed E-state index contributed by atoms with van der Waals surface area (Å²) in [6.45, 7) is 4.27. The minimum atomic E-state index is -0.772. The van der Waals surface area contributed by atoms with Gasteiger partial charge in [0.05, 0.1) is 21.8 Å². The van der Waals surface area contributed by atoms with Gasteiger partial charge >= 0.3 is 0 Å². The third-order valence-corrected chi connectivity index (χ3v) is 7.72. The van der Waals surface area contributed by atoms with E-state index < -0.39 is 6.04 Å². The summed E-state index contributed by atoms with van der Waals surface area (Å²) >= 11 is 12.4. The van der Waals surface area contributed by atoms with Gasteiger partial charge in [-0.15, -0.1) is 0 Å². The van der Waals surface area contributed by atoms with Crippen LogP contribution >= 0.6 is 23.2 Å². The second-order valence-electron chi connectivity index (χ2n) is 9.52. The summed E-state index contributed by atoms with van der Waals surface area (Å²) in [6.07, 6.45) is 2.31. The number of benzene rings is 3. The van der Waals surface area contributed by atoms with Crippen molar-refractivity contribution in [2.45, 2.75) is 31.8 Å². The Kier molecular flexibility index (Phi) is 7.70. The highest BCUT2D eigenvalue weighted by atomic mass is 35.5. The predicted molar refractivity (Wildman–Crippen MR) is 147 cm³/mol. The third kappa shape index (κ3) is 5.61. The quantitative estimate of drug-likeness (QED) is 0.418. The second-order valence-corrected chi connectivity index (χ2v) is 10.3. The molecule has 0 radical (unpaired) electrons. The molecule has 8 heteroatoms. The van der Waals surface area contributed by atoms with Gasteiger partial charge in [-0.1, -0.05) is 71.7 Å². The lowest BCUT2D eigenvalue weighted by Gasteiger charge is -2.35. The highest BCUT2D eigenvalue weighted by molar-refractivity contribution is 6.42. The molecule has 2 unspecified atom stereocenters. The second kappa shape index (κ2) is 11.1. The number of fused-ring (bicyclic) bond motifs is 1. The normalized spacial score (nSPS) is 17.2. The standard InChI is InChI=1S/C29H29Cl2N3O3/c1-19(34-26-15-23(30)24(31)16-27(26)37-18-28(34)35)29(36)32-25(17-33-12-5-6-13-33)22-11-7-10-21(14-22)20-8-3-2-4-9-20/h2-4,7-11,14-16,19,25H,5-6,12-13,17-18H2,1H3,(H,32,36). The predicted octanol–water partition coefficient (Wildman–Crippen LogP) is 5.73. The van der Waals surface area contributed by atoms with Crippen molar-refractivity contribution < 1.29 is 14.3 Å². The van der Waals surface area contributed by atoms with Gasteiger partial charge in [-0.2, -0.15) is 0 Å². The Bertz CT molecular complexity index is 1290. The molecule has 2 amide bonds. The molecule has 2 aliphatic heterocycles. The maximum atomic E-state index is 13.6. The van der Waals surface area contributed by atoms with Gasteiger partial charge in [0, 0.05) is 12.6 Å². The van der Waals surface area contributed by atoms with Crippen LogP contribution in [0.4, 0.5) is 5.69 Å². The fraction of sp³-hybridized carbons (Fsp3) is 0.310. The summed E-state index contributed by atoms with van der Waals surface area (Å²) in [6, 6.07) is 20.6. The molecule has 1 N–H and O–H groups in total. The van der Waals surface area contributed by atoms with Crippen LogP contribution in [0.2, 0.25) is 10.0 Å². The van der Waals surface area contributed by atoms with Crippen molar-refractivity contribution in [3.8, 4) is 16.9 Å². The average Bonchev–Trinajstić information content (AvgIpc) is 3.43. The number of carbonyl (C=O) groups is 2. The van der Waals surface area contributed by atoms with Gasteiger partial charge in [-0.25, -0.2) is 0 Å². The van der Waals surface area contributed by atoms with Crippen molar-refractivity contribution in [3.05, 3.63) is 82.3 Å². The molecule has 2 aliphatic rings. The van der Waals surface area contributed by atoms with Gasteiger partial charge in [-0.05, 0) is 61.7 Å². The summed E-state index contributed by atoms with van der Waals surface area (Å²) in [5.41, 5.74) is 3.68. The Morgan fingerprint density at radius 2 is 1.68 bits per heavy atom. The molecule has 0 spiro atoms. The minimum absolute atomic E-state index is 0.168. The summed E-state index contributed by atoms with van der Waals surface area (Å²) in [4.78, 5) is 30.3. The molecule has 0 aromatic heterocycles. The van der Waals surface area contributed by atoms with E-state index in [9.17, 15) is 9.59 Å². The molecule has 3 aromatic rings. The Hall–Kier alpha value is -3.06. The smallest absolute Gasteiger partial charge is 0.265 e. The number of likely N-dealkylation sites (tertiary alicyclic amines) is 1. The maximum Gasteiger partial charge on any atom is 0.265 e. The molecular weight excluding hydrogens is 509 g/mol. The van der Waals surface area contributed by atoms with Crippen molar-refractivity contribution >= 4 is 40.7 Å². The summed E-state index contributed by atoms with van der Waals surface area (Å²) in [5.74, 6) is -0.130. The maximum absolute atomic E-state index is 13.6. The van der Waals surface area contributed by atoms with E-state index in [4.69, 9.17) is 27.9 Å². The number of anilines is 1. The van der Waals surface area contributed by atoms with Crippen molar-refractivity contribution in [1.29, 1.82) is 0 Å². The van der Waals surface area contributed by atoms with Crippen molar-refractivity contribution in [2.24, 2.45) is 0 Å². The van der Waals surface area contributed by atoms with E-state index in [2.05, 4.69) is 40.5 Å². The van der Waals surface area contributed by atoms with Crippen LogP contribution in [0.25, 0.3) is 11.1 Å². The molecule has 37 heavy (non-hydrogen) atoms. The molecule has 0 saturated carbocycles. The Labute approximate surface area is 227 Å². The van der Waals surface area contributed by atoms with Gasteiger partial charge in [-0.3, -0.25) is 14.5 Å². The molecule has 192 valence electrons. The van der Waals surface area contributed by atoms with Crippen molar-refractivity contribution in [1.82, 2.24) is 10.2 Å². The van der Waals surface area contributed by atoms with Crippen LogP contribution in [-0.2, 0) is 9.59 Å². The van der Waals surface area contributed by atoms with Crippen molar-refractivity contribution in [2.75, 3.05) is 31.1 Å². The third-order valence-electron chi connectivity index (χ3n) is 7.00. The zero-order chi connectivity index (χ0) is 25.9.